The molecule has 0 amide bonds. The summed E-state index contributed by atoms with van der Waals surface area (Å²) in [5.41, 5.74) is 0. The Morgan fingerprint density at radius 2 is 2.56 bits per heavy atom. The summed E-state index contributed by atoms with van der Waals surface area (Å²) in [6, 6.07) is 0. The van der Waals surface area contributed by atoms with E-state index in [9.17, 15) is 4.79 Å². The van der Waals surface area contributed by atoms with Gasteiger partial charge in [0.2, 0.25) is 0 Å². The van der Waals surface area contributed by atoms with Gasteiger partial charge in [0.1, 0.15) is 6.10 Å². The van der Waals surface area contributed by atoms with E-state index in [0.29, 0.717) is 13.2 Å². The molecule has 0 aliphatic carbocycles. The van der Waals surface area contributed by atoms with Crippen LogP contribution in [0, 0.1) is 6.92 Å². The van der Waals surface area contributed by atoms with Gasteiger partial charge < -0.3 is 10.1 Å². The molecule has 1 saturated heterocycles. The molecule has 1 aliphatic heterocycles. The maximum absolute atomic E-state index is 10.5. The molecule has 0 aromatic rings. The summed E-state index contributed by atoms with van der Waals surface area (Å²) in [4.78, 5) is 10.5. The third-order valence-electron chi connectivity index (χ3n) is 1.29. The van der Waals surface area contributed by atoms with E-state index in [4.69, 9.17) is 4.74 Å². The second-order valence-corrected chi connectivity index (χ2v) is 2.03. The smallest absolute Gasteiger partial charge is 0.163 e. The Morgan fingerprint density at radius 1 is 1.78 bits per heavy atom. The Morgan fingerprint density at radius 3 is 2.89 bits per heavy atom. The quantitative estimate of drug-likeness (QED) is 0.511. The minimum Gasteiger partial charge on any atom is -0.368 e. The number of nitrogens with one attached hydrogen (secondary N) is 1. The van der Waals surface area contributed by atoms with E-state index in [1.807, 2.05) is 0 Å². The molecular formula is C6H10NO2. The van der Waals surface area contributed by atoms with Crippen molar-refractivity contribution in [1.82, 2.24) is 5.32 Å². The molecule has 0 aromatic heterocycles. The van der Waals surface area contributed by atoms with Crippen molar-refractivity contribution in [2.45, 2.75) is 6.10 Å². The summed E-state index contributed by atoms with van der Waals surface area (Å²) in [7, 11) is 0. The van der Waals surface area contributed by atoms with Crippen LogP contribution in [0.3, 0.4) is 0 Å². The largest absolute Gasteiger partial charge is 0.368 e. The zero-order valence-corrected chi connectivity index (χ0v) is 5.22. The van der Waals surface area contributed by atoms with Gasteiger partial charge in [-0.15, -0.1) is 0 Å². The predicted molar refractivity (Wildman–Crippen MR) is 33.0 cm³/mol. The van der Waals surface area contributed by atoms with Crippen molar-refractivity contribution in [1.29, 1.82) is 0 Å². The molecule has 1 unspecified atom stereocenters. The lowest BCUT2D eigenvalue weighted by Crippen LogP contribution is -2.42. The number of rotatable bonds is 1. The maximum atomic E-state index is 10.5. The molecule has 1 radical (unpaired) electrons. The maximum Gasteiger partial charge on any atom is 0.163 e. The van der Waals surface area contributed by atoms with E-state index >= 15 is 0 Å². The second-order valence-electron chi connectivity index (χ2n) is 2.03. The summed E-state index contributed by atoms with van der Waals surface area (Å²) < 4.78 is 5.06. The molecule has 1 atom stereocenters. The lowest BCUT2D eigenvalue weighted by molar-refractivity contribution is -0.127. The van der Waals surface area contributed by atoms with Crippen LogP contribution < -0.4 is 5.32 Å². The molecule has 1 heterocycles. The molecule has 3 nitrogen and oxygen atoms in total. The average Bonchev–Trinajstić information content (AvgIpc) is 1.90. The van der Waals surface area contributed by atoms with Crippen LogP contribution in [0.25, 0.3) is 0 Å². The molecule has 51 valence electrons. The van der Waals surface area contributed by atoms with Crippen molar-refractivity contribution < 1.29 is 9.53 Å². The van der Waals surface area contributed by atoms with Gasteiger partial charge in [-0.3, -0.25) is 4.79 Å². The standard InChI is InChI=1S/C6H10NO2/c1-5(8)6-4-7-2-3-9-6/h6-7H,1-4H2. The summed E-state index contributed by atoms with van der Waals surface area (Å²) in [6.07, 6.45) is -0.307. The van der Waals surface area contributed by atoms with Crippen LogP contribution in [0.5, 0.6) is 0 Å². The molecule has 1 fully saturated rings. The van der Waals surface area contributed by atoms with Gasteiger partial charge in [0, 0.05) is 20.0 Å². The van der Waals surface area contributed by atoms with Crippen LogP contribution in [-0.4, -0.2) is 31.6 Å². The van der Waals surface area contributed by atoms with Gasteiger partial charge >= 0.3 is 0 Å². The molecule has 0 bridgehead atoms. The normalized spacial score (nSPS) is 27.9. The van der Waals surface area contributed by atoms with Gasteiger partial charge in [-0.05, 0) is 0 Å². The number of ketones is 1. The van der Waals surface area contributed by atoms with Crippen LogP contribution in [0.2, 0.25) is 0 Å². The van der Waals surface area contributed by atoms with Crippen LogP contribution in [0.15, 0.2) is 0 Å². The van der Waals surface area contributed by atoms with Crippen LogP contribution in [0.1, 0.15) is 0 Å². The molecular weight excluding hydrogens is 118 g/mol. The molecule has 9 heavy (non-hydrogen) atoms. The predicted octanol–water partition coefficient (Wildman–Crippen LogP) is -0.622. The summed E-state index contributed by atoms with van der Waals surface area (Å²) in [6.45, 7) is 5.33. The van der Waals surface area contributed by atoms with Crippen LogP contribution >= 0.6 is 0 Å². The lowest BCUT2D eigenvalue weighted by atomic mass is 10.2. The Labute approximate surface area is 54.4 Å². The van der Waals surface area contributed by atoms with Gasteiger partial charge in [0.05, 0.1) is 6.61 Å². The number of carbonyl (C=O) groups is 1. The number of carbonyl (C=O) groups excluding carboxylic acids is 1. The Bertz CT molecular complexity index is 108. The first-order chi connectivity index (χ1) is 4.30. The van der Waals surface area contributed by atoms with Gasteiger partial charge in [0.15, 0.2) is 5.78 Å². The van der Waals surface area contributed by atoms with Crippen molar-refractivity contribution in [3.8, 4) is 0 Å². The highest BCUT2D eigenvalue weighted by Gasteiger charge is 2.16. The number of Topliss-reactive ketones (excluding diaryl/α,β-unsaturated/α-hetero) is 1. The molecule has 3 heteroatoms. The minimum atomic E-state index is -0.307. The van der Waals surface area contributed by atoms with Gasteiger partial charge in [-0.1, -0.05) is 0 Å². The van der Waals surface area contributed by atoms with Gasteiger partial charge in [0.25, 0.3) is 0 Å². The average molecular weight is 128 g/mol. The molecule has 1 N–H and O–H groups in total. The summed E-state index contributed by atoms with van der Waals surface area (Å²) >= 11 is 0. The molecule has 1 rings (SSSR count). The fraction of sp³-hybridized carbons (Fsp3) is 0.667. The first-order valence-electron chi connectivity index (χ1n) is 2.99. The van der Waals surface area contributed by atoms with E-state index in [0.717, 1.165) is 6.54 Å². The summed E-state index contributed by atoms with van der Waals surface area (Å²) in [5, 5.41) is 3.03. The van der Waals surface area contributed by atoms with Crippen LogP contribution in [-0.2, 0) is 9.53 Å². The Kier molecular flexibility index (Phi) is 2.19. The zero-order chi connectivity index (χ0) is 6.69. The minimum absolute atomic E-state index is 0.137. The zero-order valence-electron chi connectivity index (χ0n) is 5.22. The third kappa shape index (κ3) is 1.77. The van der Waals surface area contributed by atoms with E-state index in [1.54, 1.807) is 0 Å². The highest BCUT2D eigenvalue weighted by molar-refractivity contribution is 5.87. The number of ether oxygens (including phenoxy) is 1. The topological polar surface area (TPSA) is 38.3 Å². The van der Waals surface area contributed by atoms with E-state index in [-0.39, 0.29) is 11.9 Å². The van der Waals surface area contributed by atoms with E-state index in [2.05, 4.69) is 12.2 Å². The van der Waals surface area contributed by atoms with Gasteiger partial charge in [-0.25, -0.2) is 0 Å². The highest BCUT2D eigenvalue weighted by atomic mass is 16.5. The van der Waals surface area contributed by atoms with Crippen molar-refractivity contribution >= 4 is 5.78 Å². The fourth-order valence-electron chi connectivity index (χ4n) is 0.772. The number of hydrogen-bond donors (Lipinski definition) is 1. The fourth-order valence-corrected chi connectivity index (χ4v) is 0.772. The Hall–Kier alpha value is -0.410. The highest BCUT2D eigenvalue weighted by Crippen LogP contribution is 1.95. The first kappa shape index (κ1) is 6.71. The van der Waals surface area contributed by atoms with Crippen LogP contribution in [0.4, 0.5) is 0 Å². The monoisotopic (exact) mass is 128 g/mol. The van der Waals surface area contributed by atoms with Crippen molar-refractivity contribution in [3.63, 3.8) is 0 Å². The molecule has 0 spiro atoms. The molecule has 0 aromatic carbocycles. The third-order valence-corrected chi connectivity index (χ3v) is 1.29. The lowest BCUT2D eigenvalue weighted by Gasteiger charge is -2.20. The van der Waals surface area contributed by atoms with Gasteiger partial charge in [-0.2, -0.15) is 0 Å². The van der Waals surface area contributed by atoms with Crippen molar-refractivity contribution in [3.05, 3.63) is 6.92 Å². The number of morpholine rings is 1. The van der Waals surface area contributed by atoms with E-state index < -0.39 is 0 Å². The SMILES string of the molecule is [CH2]C(=O)C1CNCCO1. The Balaban J connectivity index is 2.31. The molecule has 0 saturated carbocycles. The number of hydrogen-bond acceptors (Lipinski definition) is 3. The van der Waals surface area contributed by atoms with Crippen molar-refractivity contribution in [2.75, 3.05) is 19.7 Å². The van der Waals surface area contributed by atoms with E-state index in [1.165, 1.54) is 0 Å². The molecule has 1 aliphatic rings. The second kappa shape index (κ2) is 2.94. The van der Waals surface area contributed by atoms with Crippen molar-refractivity contribution in [2.24, 2.45) is 0 Å². The summed E-state index contributed by atoms with van der Waals surface area (Å²) in [5.74, 6) is -0.137. The first-order valence-corrected chi connectivity index (χ1v) is 2.99.